The van der Waals surface area contributed by atoms with E-state index >= 15 is 0 Å². The molecule has 0 spiro atoms. The lowest BCUT2D eigenvalue weighted by Gasteiger charge is -2.24. The van der Waals surface area contributed by atoms with Crippen LogP contribution in [0.3, 0.4) is 0 Å². The van der Waals surface area contributed by atoms with Crippen LogP contribution in [0.2, 0.25) is 0 Å². The molecule has 0 amide bonds. The first-order chi connectivity index (χ1) is 20.0. The van der Waals surface area contributed by atoms with Crippen molar-refractivity contribution in [2.75, 3.05) is 28.4 Å². The fraction of sp³-hybridized carbons (Fsp3) is 0.800. The molecule has 0 heterocycles. The van der Waals surface area contributed by atoms with E-state index in [-0.39, 0.29) is 59.9 Å². The molecule has 0 unspecified atom stereocenters. The minimum atomic E-state index is -0.159. The summed E-state index contributed by atoms with van der Waals surface area (Å²) in [5.74, 6) is 1.58. The molecule has 0 bridgehead atoms. The summed E-state index contributed by atoms with van der Waals surface area (Å²) in [6.45, 7) is 4.49. The van der Waals surface area contributed by atoms with Crippen molar-refractivity contribution in [2.45, 2.75) is 90.9 Å². The molecule has 0 N–H and O–H groups in total. The highest BCUT2D eigenvalue weighted by Crippen LogP contribution is 2.31. The molecule has 240 valence electrons. The van der Waals surface area contributed by atoms with Crippen LogP contribution in [0.5, 0.6) is 0 Å². The Hall–Kier alpha value is -3.36. The number of carbonyl (C=O) groups excluding carboxylic acids is 8. The van der Waals surface area contributed by atoms with Gasteiger partial charge in [-0.1, -0.05) is 13.8 Å². The average Bonchev–Trinajstić information content (AvgIpc) is 3.01. The second-order valence-electron chi connectivity index (χ2n) is 10.7. The largest absolute Gasteiger partial charge is 0.469 e. The van der Waals surface area contributed by atoms with Gasteiger partial charge in [0, 0.05) is 0 Å². The summed E-state index contributed by atoms with van der Waals surface area (Å²) < 4.78 is 18.7. The molecule has 0 aromatic carbocycles. The van der Waals surface area contributed by atoms with Crippen LogP contribution in [-0.4, -0.2) is 64.6 Å². The van der Waals surface area contributed by atoms with Gasteiger partial charge in [0.05, 0.1) is 52.1 Å². The Labute approximate surface area is 248 Å². The SMILES string of the molecule is COC(=O)C1CCC(C(=O)OC)CC1.COC(=O)C1CCC(C)CC1.COC(=O)C1CCC(C)CC1.O=C=O.O=C=O. The third kappa shape index (κ3) is 18.1. The number of hydrogen-bond donors (Lipinski definition) is 0. The monoisotopic (exact) mass is 600 g/mol. The lowest BCUT2D eigenvalue weighted by atomic mass is 9.82. The highest BCUT2D eigenvalue weighted by atomic mass is 16.5. The molecule has 3 fully saturated rings. The molecule has 0 radical (unpaired) electrons. The number of ether oxygens (including phenoxy) is 4. The summed E-state index contributed by atoms with van der Waals surface area (Å²) in [5, 5.41) is 0. The Morgan fingerprint density at radius 3 is 0.690 bits per heavy atom. The Bertz CT molecular complexity index is 764. The maximum Gasteiger partial charge on any atom is 0.373 e. The van der Waals surface area contributed by atoms with E-state index in [9.17, 15) is 19.2 Å². The molecule has 3 aliphatic carbocycles. The number of rotatable bonds is 4. The molecule has 3 rings (SSSR count). The highest BCUT2D eigenvalue weighted by molar-refractivity contribution is 5.75. The molecule has 12 nitrogen and oxygen atoms in total. The molecule has 0 aromatic heterocycles. The van der Waals surface area contributed by atoms with Gasteiger partial charge in [0.15, 0.2) is 0 Å². The van der Waals surface area contributed by atoms with E-state index in [1.165, 1.54) is 54.1 Å². The van der Waals surface area contributed by atoms with Crippen molar-refractivity contribution in [1.29, 1.82) is 0 Å². The second kappa shape index (κ2) is 25.4. The zero-order chi connectivity index (χ0) is 32.5. The number of esters is 4. The third-order valence-electron chi connectivity index (χ3n) is 7.90. The van der Waals surface area contributed by atoms with Crippen molar-refractivity contribution in [3.8, 4) is 0 Å². The first-order valence-electron chi connectivity index (χ1n) is 14.3. The summed E-state index contributed by atoms with van der Waals surface area (Å²) in [5.41, 5.74) is 0. The predicted molar refractivity (Wildman–Crippen MR) is 146 cm³/mol. The predicted octanol–water partition coefficient (Wildman–Crippen LogP) is 3.94. The smallest absolute Gasteiger partial charge is 0.373 e. The van der Waals surface area contributed by atoms with Crippen LogP contribution >= 0.6 is 0 Å². The fourth-order valence-corrected chi connectivity index (χ4v) is 5.22. The molecule has 0 aromatic rings. The summed E-state index contributed by atoms with van der Waals surface area (Å²) in [4.78, 5) is 77.0. The molecule has 42 heavy (non-hydrogen) atoms. The second-order valence-corrected chi connectivity index (χ2v) is 10.7. The van der Waals surface area contributed by atoms with E-state index < -0.39 is 0 Å². The fourth-order valence-electron chi connectivity index (χ4n) is 5.22. The van der Waals surface area contributed by atoms with Crippen LogP contribution in [0, 0.1) is 35.5 Å². The molecule has 0 aliphatic heterocycles. The summed E-state index contributed by atoms with van der Waals surface area (Å²) >= 11 is 0. The molecule has 0 saturated heterocycles. The van der Waals surface area contributed by atoms with Crippen molar-refractivity contribution in [1.82, 2.24) is 0 Å². The first-order valence-corrected chi connectivity index (χ1v) is 14.3. The van der Waals surface area contributed by atoms with Crippen LogP contribution in [0.15, 0.2) is 0 Å². The Kier molecular flexibility index (Phi) is 24.6. The lowest BCUT2D eigenvalue weighted by Crippen LogP contribution is -2.27. The van der Waals surface area contributed by atoms with E-state index in [0.717, 1.165) is 63.2 Å². The first kappa shape index (κ1) is 40.8. The Morgan fingerprint density at radius 2 is 0.548 bits per heavy atom. The minimum absolute atomic E-state index is 0.0168. The zero-order valence-electron chi connectivity index (χ0n) is 25.8. The standard InChI is InChI=1S/C10H16O4.2C9H16O2.2CO2/c1-13-9(11)7-3-5-8(6-4-7)10(12)14-2;2*1-7-3-5-8(6-4-7)9(10)11-2;2*2-1-3/h7-8H,3-6H2,1-2H3;2*7-8H,3-6H2,1-2H3;;. The van der Waals surface area contributed by atoms with Gasteiger partial charge in [-0.3, -0.25) is 19.2 Å². The normalized spacial score (nSPS) is 25.8. The topological polar surface area (TPSA) is 173 Å². The lowest BCUT2D eigenvalue weighted by molar-refractivity contribution is -0.193. The van der Waals surface area contributed by atoms with Gasteiger partial charge >= 0.3 is 36.2 Å². The van der Waals surface area contributed by atoms with Gasteiger partial charge < -0.3 is 18.9 Å². The number of hydrogen-bond acceptors (Lipinski definition) is 12. The van der Waals surface area contributed by atoms with Crippen molar-refractivity contribution in [3.63, 3.8) is 0 Å². The van der Waals surface area contributed by atoms with Crippen LogP contribution in [0.4, 0.5) is 0 Å². The van der Waals surface area contributed by atoms with Gasteiger partial charge in [0.2, 0.25) is 0 Å². The van der Waals surface area contributed by atoms with E-state index in [4.69, 9.17) is 19.2 Å². The van der Waals surface area contributed by atoms with E-state index in [2.05, 4.69) is 32.8 Å². The molecular formula is C30H48O12. The zero-order valence-corrected chi connectivity index (χ0v) is 25.8. The number of carbonyl (C=O) groups is 4. The molecule has 3 saturated carbocycles. The Morgan fingerprint density at radius 1 is 0.405 bits per heavy atom. The maximum absolute atomic E-state index is 11.2. The van der Waals surface area contributed by atoms with Crippen LogP contribution < -0.4 is 0 Å². The molecule has 0 atom stereocenters. The van der Waals surface area contributed by atoms with Gasteiger partial charge in [0.1, 0.15) is 0 Å². The van der Waals surface area contributed by atoms with Gasteiger partial charge in [-0.2, -0.15) is 19.2 Å². The quantitative estimate of drug-likeness (QED) is 0.336. The van der Waals surface area contributed by atoms with Crippen molar-refractivity contribution >= 4 is 36.2 Å². The number of methoxy groups -OCH3 is 4. The van der Waals surface area contributed by atoms with Crippen molar-refractivity contribution in [2.24, 2.45) is 35.5 Å². The van der Waals surface area contributed by atoms with E-state index in [0.29, 0.717) is 0 Å². The molecular weight excluding hydrogens is 552 g/mol. The summed E-state index contributed by atoms with van der Waals surface area (Å²) in [6, 6.07) is 0. The summed E-state index contributed by atoms with van der Waals surface area (Å²) in [7, 11) is 5.74. The van der Waals surface area contributed by atoms with Crippen LogP contribution in [0.1, 0.15) is 90.9 Å². The molecule has 12 heteroatoms. The average molecular weight is 601 g/mol. The van der Waals surface area contributed by atoms with Crippen LogP contribution in [-0.2, 0) is 57.3 Å². The maximum atomic E-state index is 11.2. The molecule has 3 aliphatic rings. The van der Waals surface area contributed by atoms with E-state index in [1.54, 1.807) is 0 Å². The Balaban J connectivity index is 0. The van der Waals surface area contributed by atoms with Gasteiger partial charge in [-0.25, -0.2) is 0 Å². The van der Waals surface area contributed by atoms with E-state index in [1.807, 2.05) is 0 Å². The minimum Gasteiger partial charge on any atom is -0.469 e. The van der Waals surface area contributed by atoms with Crippen molar-refractivity contribution < 1.29 is 57.3 Å². The van der Waals surface area contributed by atoms with Gasteiger partial charge in [-0.05, 0) is 88.9 Å². The van der Waals surface area contributed by atoms with Gasteiger partial charge in [-0.15, -0.1) is 0 Å². The third-order valence-corrected chi connectivity index (χ3v) is 7.90. The van der Waals surface area contributed by atoms with Crippen molar-refractivity contribution in [3.05, 3.63) is 0 Å². The summed E-state index contributed by atoms with van der Waals surface area (Å²) in [6.07, 6.45) is 12.2. The van der Waals surface area contributed by atoms with Gasteiger partial charge in [0.25, 0.3) is 0 Å². The van der Waals surface area contributed by atoms with Crippen LogP contribution in [0.25, 0.3) is 0 Å². The highest BCUT2D eigenvalue weighted by Gasteiger charge is 2.31.